The van der Waals surface area contributed by atoms with Crippen LogP contribution in [0.3, 0.4) is 0 Å². The summed E-state index contributed by atoms with van der Waals surface area (Å²) in [5.74, 6) is 1.10. The molecular formula is C12H14O3. The van der Waals surface area contributed by atoms with Crippen molar-refractivity contribution in [2.24, 2.45) is 5.92 Å². The minimum atomic E-state index is -0.246. The number of carbonyl (C=O) groups is 1. The van der Waals surface area contributed by atoms with E-state index in [1.807, 2.05) is 0 Å². The standard InChI is InChI=1S/C12H14O3/c1-14-11-6-4-10(5-7-11)12(13)15-8-9-2-3-9/h4-7,9H,2-3,8H2,1H3. The van der Waals surface area contributed by atoms with Gasteiger partial charge < -0.3 is 9.47 Å². The minimum Gasteiger partial charge on any atom is -0.497 e. The van der Waals surface area contributed by atoms with Crippen LogP contribution in [0.1, 0.15) is 23.2 Å². The molecule has 1 saturated carbocycles. The lowest BCUT2D eigenvalue weighted by Crippen LogP contribution is -2.07. The van der Waals surface area contributed by atoms with Gasteiger partial charge in [-0.15, -0.1) is 0 Å². The zero-order chi connectivity index (χ0) is 10.7. The third-order valence-electron chi connectivity index (χ3n) is 2.47. The van der Waals surface area contributed by atoms with E-state index in [-0.39, 0.29) is 5.97 Å². The van der Waals surface area contributed by atoms with Crippen molar-refractivity contribution < 1.29 is 14.3 Å². The van der Waals surface area contributed by atoms with Gasteiger partial charge in [-0.2, -0.15) is 0 Å². The van der Waals surface area contributed by atoms with Crippen LogP contribution < -0.4 is 4.74 Å². The Morgan fingerprint density at radius 2 is 2.00 bits per heavy atom. The van der Waals surface area contributed by atoms with Gasteiger partial charge in [-0.25, -0.2) is 4.79 Å². The summed E-state index contributed by atoms with van der Waals surface area (Å²) in [5, 5.41) is 0. The van der Waals surface area contributed by atoms with E-state index >= 15 is 0 Å². The van der Waals surface area contributed by atoms with E-state index in [2.05, 4.69) is 0 Å². The maximum absolute atomic E-state index is 11.5. The average molecular weight is 206 g/mol. The molecular weight excluding hydrogens is 192 g/mol. The molecule has 0 radical (unpaired) electrons. The van der Waals surface area contributed by atoms with E-state index in [1.54, 1.807) is 31.4 Å². The summed E-state index contributed by atoms with van der Waals surface area (Å²) >= 11 is 0. The van der Waals surface area contributed by atoms with E-state index in [0.29, 0.717) is 18.1 Å². The van der Waals surface area contributed by atoms with Gasteiger partial charge in [0.05, 0.1) is 19.3 Å². The van der Waals surface area contributed by atoms with Gasteiger partial charge >= 0.3 is 5.97 Å². The predicted octanol–water partition coefficient (Wildman–Crippen LogP) is 2.26. The molecule has 3 heteroatoms. The molecule has 1 aliphatic carbocycles. The third-order valence-corrected chi connectivity index (χ3v) is 2.47. The molecule has 80 valence electrons. The first kappa shape index (κ1) is 10.0. The fourth-order valence-corrected chi connectivity index (χ4v) is 1.29. The van der Waals surface area contributed by atoms with Crippen LogP contribution in [0.4, 0.5) is 0 Å². The fourth-order valence-electron chi connectivity index (χ4n) is 1.29. The SMILES string of the molecule is COc1ccc(C(=O)OCC2CC2)cc1. The molecule has 0 aromatic heterocycles. The normalized spacial score (nSPS) is 14.7. The van der Waals surface area contributed by atoms with E-state index in [1.165, 1.54) is 12.8 Å². The molecule has 0 unspecified atom stereocenters. The number of esters is 1. The highest BCUT2D eigenvalue weighted by molar-refractivity contribution is 5.89. The lowest BCUT2D eigenvalue weighted by Gasteiger charge is -2.04. The largest absolute Gasteiger partial charge is 0.497 e. The molecule has 0 aliphatic heterocycles. The van der Waals surface area contributed by atoms with Crippen LogP contribution in [-0.2, 0) is 4.74 Å². The highest BCUT2D eigenvalue weighted by Crippen LogP contribution is 2.29. The maximum Gasteiger partial charge on any atom is 0.338 e. The summed E-state index contributed by atoms with van der Waals surface area (Å²) in [6.07, 6.45) is 2.38. The second-order valence-corrected chi connectivity index (χ2v) is 3.77. The quantitative estimate of drug-likeness (QED) is 0.709. The lowest BCUT2D eigenvalue weighted by atomic mass is 10.2. The van der Waals surface area contributed by atoms with Crippen LogP contribution in [0.2, 0.25) is 0 Å². The van der Waals surface area contributed by atoms with E-state index < -0.39 is 0 Å². The zero-order valence-electron chi connectivity index (χ0n) is 8.73. The molecule has 0 heterocycles. The molecule has 1 aromatic rings. The van der Waals surface area contributed by atoms with Crippen LogP contribution in [0, 0.1) is 5.92 Å². The molecule has 2 rings (SSSR count). The van der Waals surface area contributed by atoms with Gasteiger partial charge in [0.25, 0.3) is 0 Å². The average Bonchev–Trinajstić information content (AvgIpc) is 3.10. The van der Waals surface area contributed by atoms with Crippen LogP contribution in [-0.4, -0.2) is 19.7 Å². The molecule has 0 spiro atoms. The Kier molecular flexibility index (Phi) is 2.90. The highest BCUT2D eigenvalue weighted by Gasteiger charge is 2.23. The van der Waals surface area contributed by atoms with Crippen molar-refractivity contribution in [2.75, 3.05) is 13.7 Å². The minimum absolute atomic E-state index is 0.246. The van der Waals surface area contributed by atoms with Crippen LogP contribution >= 0.6 is 0 Å². The number of rotatable bonds is 4. The molecule has 0 N–H and O–H groups in total. The van der Waals surface area contributed by atoms with Crippen LogP contribution in [0.25, 0.3) is 0 Å². The van der Waals surface area contributed by atoms with Crippen molar-refractivity contribution in [3.63, 3.8) is 0 Å². The number of benzene rings is 1. The van der Waals surface area contributed by atoms with Gasteiger partial charge in [0.1, 0.15) is 5.75 Å². The Balaban J connectivity index is 1.91. The van der Waals surface area contributed by atoms with Crippen molar-refractivity contribution in [1.82, 2.24) is 0 Å². The molecule has 15 heavy (non-hydrogen) atoms. The van der Waals surface area contributed by atoms with Gasteiger partial charge in [-0.05, 0) is 43.0 Å². The van der Waals surface area contributed by atoms with E-state index in [0.717, 1.165) is 5.75 Å². The number of carbonyl (C=O) groups excluding carboxylic acids is 1. The van der Waals surface area contributed by atoms with E-state index in [4.69, 9.17) is 9.47 Å². The summed E-state index contributed by atoms with van der Waals surface area (Å²) in [7, 11) is 1.60. The van der Waals surface area contributed by atoms with Gasteiger partial charge in [0.15, 0.2) is 0 Å². The smallest absolute Gasteiger partial charge is 0.338 e. The molecule has 0 bridgehead atoms. The van der Waals surface area contributed by atoms with Crippen molar-refractivity contribution in [3.8, 4) is 5.75 Å². The van der Waals surface area contributed by atoms with Gasteiger partial charge in [0.2, 0.25) is 0 Å². The Bertz CT molecular complexity index is 338. The Morgan fingerprint density at radius 3 is 2.53 bits per heavy atom. The summed E-state index contributed by atoms with van der Waals surface area (Å²) in [4.78, 5) is 11.5. The molecule has 1 aliphatic rings. The summed E-state index contributed by atoms with van der Waals surface area (Å²) in [5.41, 5.74) is 0.580. The summed E-state index contributed by atoms with van der Waals surface area (Å²) in [6.45, 7) is 0.560. The van der Waals surface area contributed by atoms with Crippen LogP contribution in [0.15, 0.2) is 24.3 Å². The Hall–Kier alpha value is -1.51. The summed E-state index contributed by atoms with van der Waals surface area (Å²) in [6, 6.07) is 6.95. The van der Waals surface area contributed by atoms with Gasteiger partial charge in [-0.3, -0.25) is 0 Å². The Morgan fingerprint density at radius 1 is 1.33 bits per heavy atom. The topological polar surface area (TPSA) is 35.5 Å². The van der Waals surface area contributed by atoms with Crippen LogP contribution in [0.5, 0.6) is 5.75 Å². The maximum atomic E-state index is 11.5. The monoisotopic (exact) mass is 206 g/mol. The number of hydrogen-bond acceptors (Lipinski definition) is 3. The van der Waals surface area contributed by atoms with Gasteiger partial charge in [-0.1, -0.05) is 0 Å². The number of ether oxygens (including phenoxy) is 2. The molecule has 1 fully saturated rings. The number of hydrogen-bond donors (Lipinski definition) is 0. The second-order valence-electron chi connectivity index (χ2n) is 3.77. The zero-order valence-corrected chi connectivity index (χ0v) is 8.73. The third kappa shape index (κ3) is 2.72. The van der Waals surface area contributed by atoms with Crippen molar-refractivity contribution in [1.29, 1.82) is 0 Å². The first-order chi connectivity index (χ1) is 7.29. The molecule has 0 atom stereocenters. The summed E-state index contributed by atoms with van der Waals surface area (Å²) < 4.78 is 10.2. The first-order valence-corrected chi connectivity index (χ1v) is 5.11. The lowest BCUT2D eigenvalue weighted by molar-refractivity contribution is 0.0486. The Labute approximate surface area is 89.0 Å². The molecule has 0 saturated heterocycles. The highest BCUT2D eigenvalue weighted by atomic mass is 16.5. The fraction of sp³-hybridized carbons (Fsp3) is 0.417. The second kappa shape index (κ2) is 4.34. The first-order valence-electron chi connectivity index (χ1n) is 5.11. The molecule has 3 nitrogen and oxygen atoms in total. The van der Waals surface area contributed by atoms with Gasteiger partial charge in [0, 0.05) is 0 Å². The van der Waals surface area contributed by atoms with Crippen molar-refractivity contribution >= 4 is 5.97 Å². The molecule has 1 aromatic carbocycles. The number of methoxy groups -OCH3 is 1. The van der Waals surface area contributed by atoms with E-state index in [9.17, 15) is 4.79 Å². The van der Waals surface area contributed by atoms with Crippen molar-refractivity contribution in [3.05, 3.63) is 29.8 Å². The molecule has 0 amide bonds. The predicted molar refractivity (Wildman–Crippen MR) is 56.0 cm³/mol. The van der Waals surface area contributed by atoms with Crippen molar-refractivity contribution in [2.45, 2.75) is 12.8 Å².